The van der Waals surface area contributed by atoms with Gasteiger partial charge in [-0.25, -0.2) is 0 Å². The van der Waals surface area contributed by atoms with E-state index in [2.05, 4.69) is 5.32 Å². The maximum Gasteiger partial charge on any atom is 0.306 e. The van der Waals surface area contributed by atoms with Gasteiger partial charge in [-0.05, 0) is 25.2 Å². The molecule has 1 amide bonds. The van der Waals surface area contributed by atoms with Gasteiger partial charge in [-0.2, -0.15) is 0 Å². The Labute approximate surface area is 77.3 Å². The van der Waals surface area contributed by atoms with E-state index < -0.39 is 5.97 Å². The summed E-state index contributed by atoms with van der Waals surface area (Å²) in [7, 11) is 0. The molecule has 1 saturated carbocycles. The summed E-state index contributed by atoms with van der Waals surface area (Å²) in [5.74, 6) is -0.347. The van der Waals surface area contributed by atoms with E-state index in [1.54, 1.807) is 0 Å². The molecule has 0 aromatic rings. The Morgan fingerprint density at radius 3 is 2.54 bits per heavy atom. The molecule has 2 N–H and O–H groups in total. The third kappa shape index (κ3) is 3.05. The number of nitrogens with one attached hydrogen (secondary N) is 1. The highest BCUT2D eigenvalue weighted by Gasteiger charge is 2.33. The molecule has 13 heavy (non-hydrogen) atoms. The number of carboxylic acid groups (broad SMARTS) is 1. The lowest BCUT2D eigenvalue weighted by Gasteiger charge is -2.32. The molecule has 0 unspecified atom stereocenters. The largest absolute Gasteiger partial charge is 0.481 e. The van der Waals surface area contributed by atoms with Crippen LogP contribution in [-0.2, 0) is 9.59 Å². The molecule has 0 atom stereocenters. The van der Waals surface area contributed by atoms with Crippen molar-refractivity contribution in [3.05, 3.63) is 0 Å². The van der Waals surface area contributed by atoms with Crippen molar-refractivity contribution in [2.45, 2.75) is 26.2 Å². The van der Waals surface area contributed by atoms with E-state index in [1.807, 2.05) is 0 Å². The maximum absolute atomic E-state index is 10.5. The molecule has 0 heterocycles. The molecule has 0 aromatic heterocycles. The highest BCUT2D eigenvalue weighted by Crippen LogP contribution is 2.35. The number of carbonyl (C=O) groups is 2. The van der Waals surface area contributed by atoms with Crippen LogP contribution in [0, 0.1) is 11.8 Å². The summed E-state index contributed by atoms with van der Waals surface area (Å²) in [6, 6.07) is 0. The number of rotatable bonds is 4. The fourth-order valence-corrected chi connectivity index (χ4v) is 1.63. The van der Waals surface area contributed by atoms with Gasteiger partial charge in [-0.3, -0.25) is 9.59 Å². The molecule has 0 aliphatic heterocycles. The normalized spacial score (nSPS) is 26.2. The molecule has 0 aromatic carbocycles. The van der Waals surface area contributed by atoms with Gasteiger partial charge in [0.05, 0.1) is 5.92 Å². The number of amides is 1. The quantitative estimate of drug-likeness (QED) is 0.674. The molecule has 1 aliphatic carbocycles. The monoisotopic (exact) mass is 185 g/mol. The average Bonchev–Trinajstić information content (AvgIpc) is 1.92. The first-order valence-electron chi connectivity index (χ1n) is 4.57. The van der Waals surface area contributed by atoms with Crippen LogP contribution in [0.25, 0.3) is 0 Å². The van der Waals surface area contributed by atoms with Crippen LogP contribution in [0.1, 0.15) is 26.2 Å². The molecule has 0 bridgehead atoms. The van der Waals surface area contributed by atoms with Gasteiger partial charge < -0.3 is 10.4 Å². The second-order valence-electron chi connectivity index (χ2n) is 3.64. The zero-order chi connectivity index (χ0) is 9.84. The van der Waals surface area contributed by atoms with Gasteiger partial charge in [0.15, 0.2) is 0 Å². The lowest BCUT2D eigenvalue weighted by molar-refractivity contribution is -0.146. The van der Waals surface area contributed by atoms with Crippen molar-refractivity contribution in [1.29, 1.82) is 0 Å². The van der Waals surface area contributed by atoms with E-state index >= 15 is 0 Å². The summed E-state index contributed by atoms with van der Waals surface area (Å²) in [4.78, 5) is 20.9. The van der Waals surface area contributed by atoms with Gasteiger partial charge >= 0.3 is 5.97 Å². The molecule has 0 spiro atoms. The molecular weight excluding hydrogens is 170 g/mol. The predicted molar refractivity (Wildman–Crippen MR) is 47.2 cm³/mol. The summed E-state index contributed by atoms with van der Waals surface area (Å²) in [6.07, 6.45) is 2.45. The number of hydrogen-bond acceptors (Lipinski definition) is 2. The summed E-state index contributed by atoms with van der Waals surface area (Å²) in [5, 5.41) is 11.3. The van der Waals surface area contributed by atoms with Crippen LogP contribution < -0.4 is 5.32 Å². The first-order chi connectivity index (χ1) is 6.09. The summed E-state index contributed by atoms with van der Waals surface area (Å²) in [6.45, 7) is 2.16. The highest BCUT2D eigenvalue weighted by atomic mass is 16.4. The standard InChI is InChI=1S/C9H15NO3/c1-6(11)10-3-2-7-4-8(5-7)9(12)13/h7-8H,2-5H2,1H3,(H,10,11)(H,12,13). The van der Waals surface area contributed by atoms with Crippen LogP contribution in [0.2, 0.25) is 0 Å². The van der Waals surface area contributed by atoms with E-state index in [9.17, 15) is 9.59 Å². The van der Waals surface area contributed by atoms with E-state index in [-0.39, 0.29) is 11.8 Å². The van der Waals surface area contributed by atoms with Gasteiger partial charge in [0.1, 0.15) is 0 Å². The average molecular weight is 185 g/mol. The second kappa shape index (κ2) is 4.25. The third-order valence-corrected chi connectivity index (χ3v) is 2.51. The molecule has 0 saturated heterocycles. The van der Waals surface area contributed by atoms with E-state index in [1.165, 1.54) is 6.92 Å². The number of carbonyl (C=O) groups excluding carboxylic acids is 1. The Kier molecular flexibility index (Phi) is 3.28. The van der Waals surface area contributed by atoms with Crippen LogP contribution >= 0.6 is 0 Å². The maximum atomic E-state index is 10.5. The Morgan fingerprint density at radius 2 is 2.08 bits per heavy atom. The molecule has 4 heteroatoms. The van der Waals surface area contributed by atoms with Gasteiger partial charge in [0.25, 0.3) is 0 Å². The fraction of sp³-hybridized carbons (Fsp3) is 0.778. The first-order valence-corrected chi connectivity index (χ1v) is 4.57. The zero-order valence-corrected chi connectivity index (χ0v) is 7.75. The fourth-order valence-electron chi connectivity index (χ4n) is 1.63. The molecular formula is C9H15NO3. The molecule has 4 nitrogen and oxygen atoms in total. The van der Waals surface area contributed by atoms with E-state index in [4.69, 9.17) is 5.11 Å². The van der Waals surface area contributed by atoms with Crippen molar-refractivity contribution >= 4 is 11.9 Å². The van der Waals surface area contributed by atoms with Crippen molar-refractivity contribution in [2.24, 2.45) is 11.8 Å². The topological polar surface area (TPSA) is 66.4 Å². The van der Waals surface area contributed by atoms with Gasteiger partial charge in [0, 0.05) is 13.5 Å². The Balaban J connectivity index is 2.02. The van der Waals surface area contributed by atoms with Crippen LogP contribution in [0.15, 0.2) is 0 Å². The predicted octanol–water partition coefficient (Wildman–Crippen LogP) is 0.623. The van der Waals surface area contributed by atoms with Gasteiger partial charge in [0.2, 0.25) is 5.91 Å². The van der Waals surface area contributed by atoms with Crippen LogP contribution in [0.5, 0.6) is 0 Å². The Bertz CT molecular complexity index is 209. The lowest BCUT2D eigenvalue weighted by Crippen LogP contribution is -2.33. The van der Waals surface area contributed by atoms with Crippen LogP contribution in [-0.4, -0.2) is 23.5 Å². The third-order valence-electron chi connectivity index (χ3n) is 2.51. The molecule has 1 fully saturated rings. The van der Waals surface area contributed by atoms with Crippen molar-refractivity contribution < 1.29 is 14.7 Å². The smallest absolute Gasteiger partial charge is 0.306 e. The van der Waals surface area contributed by atoms with Gasteiger partial charge in [-0.1, -0.05) is 0 Å². The molecule has 1 aliphatic rings. The molecule has 1 rings (SSSR count). The van der Waals surface area contributed by atoms with Crippen molar-refractivity contribution in [3.8, 4) is 0 Å². The van der Waals surface area contributed by atoms with E-state index in [0.717, 1.165) is 19.3 Å². The van der Waals surface area contributed by atoms with Gasteiger partial charge in [-0.15, -0.1) is 0 Å². The van der Waals surface area contributed by atoms with Crippen molar-refractivity contribution in [3.63, 3.8) is 0 Å². The zero-order valence-electron chi connectivity index (χ0n) is 7.75. The minimum atomic E-state index is -0.684. The lowest BCUT2D eigenvalue weighted by atomic mass is 9.73. The van der Waals surface area contributed by atoms with E-state index in [0.29, 0.717) is 12.5 Å². The second-order valence-corrected chi connectivity index (χ2v) is 3.64. The van der Waals surface area contributed by atoms with Crippen molar-refractivity contribution in [1.82, 2.24) is 5.32 Å². The Hall–Kier alpha value is -1.06. The molecule has 74 valence electrons. The highest BCUT2D eigenvalue weighted by molar-refractivity contribution is 5.72. The first kappa shape index (κ1) is 10.0. The minimum absolute atomic E-state index is 0.0193. The summed E-state index contributed by atoms with van der Waals surface area (Å²) < 4.78 is 0. The summed E-state index contributed by atoms with van der Waals surface area (Å²) >= 11 is 0. The SMILES string of the molecule is CC(=O)NCCC1CC(C(=O)O)C1. The Morgan fingerprint density at radius 1 is 1.46 bits per heavy atom. The number of hydrogen-bond donors (Lipinski definition) is 2. The van der Waals surface area contributed by atoms with Crippen molar-refractivity contribution in [2.75, 3.05) is 6.54 Å². The number of aliphatic carboxylic acids is 1. The van der Waals surface area contributed by atoms with Crippen LogP contribution in [0.3, 0.4) is 0 Å². The minimum Gasteiger partial charge on any atom is -0.481 e. The van der Waals surface area contributed by atoms with Crippen LogP contribution in [0.4, 0.5) is 0 Å². The number of carboxylic acids is 1. The summed E-state index contributed by atoms with van der Waals surface area (Å²) in [5.41, 5.74) is 0. The molecule has 0 radical (unpaired) electrons.